The summed E-state index contributed by atoms with van der Waals surface area (Å²) in [7, 11) is 0. The predicted octanol–water partition coefficient (Wildman–Crippen LogP) is 3.29. The van der Waals surface area contributed by atoms with Gasteiger partial charge in [0.2, 0.25) is 0 Å². The molecular formula is C15H15F2N3. The maximum Gasteiger partial charge on any atom is 0.280 e. The number of fused-ring (bicyclic) bond motifs is 1. The van der Waals surface area contributed by atoms with Crippen molar-refractivity contribution < 1.29 is 8.78 Å². The number of hydrogen-bond acceptors (Lipinski definition) is 3. The van der Waals surface area contributed by atoms with Crippen LogP contribution >= 0.6 is 0 Å². The Hall–Kier alpha value is -2.04. The third kappa shape index (κ3) is 2.48. The van der Waals surface area contributed by atoms with E-state index < -0.39 is 6.43 Å². The van der Waals surface area contributed by atoms with Crippen molar-refractivity contribution in [3.8, 4) is 0 Å². The molecule has 0 atom stereocenters. The molecule has 1 aromatic heterocycles. The van der Waals surface area contributed by atoms with Crippen LogP contribution in [0.2, 0.25) is 0 Å². The standard InChI is InChI=1S/C15H15F2N3/c1-10-18-13(15(16)17)8-14(19-10)20-7-6-11-4-2-3-5-12(11)9-20/h2-5,8,15H,6-7,9H2,1H3. The molecule has 2 heterocycles. The fraction of sp³-hybridized carbons (Fsp3) is 0.333. The zero-order chi connectivity index (χ0) is 14.1. The van der Waals surface area contributed by atoms with Crippen molar-refractivity contribution in [3.05, 3.63) is 53.0 Å². The number of aryl methyl sites for hydroxylation is 1. The molecule has 2 aromatic rings. The molecule has 104 valence electrons. The quantitative estimate of drug-likeness (QED) is 0.842. The van der Waals surface area contributed by atoms with Crippen molar-refractivity contribution in [2.24, 2.45) is 0 Å². The highest BCUT2D eigenvalue weighted by Gasteiger charge is 2.19. The molecule has 0 aliphatic carbocycles. The molecule has 0 unspecified atom stereocenters. The second-order valence-corrected chi connectivity index (χ2v) is 4.94. The summed E-state index contributed by atoms with van der Waals surface area (Å²) >= 11 is 0. The van der Waals surface area contributed by atoms with Gasteiger partial charge in [0.05, 0.1) is 0 Å². The number of anilines is 1. The van der Waals surface area contributed by atoms with Gasteiger partial charge in [-0.15, -0.1) is 0 Å². The monoisotopic (exact) mass is 275 g/mol. The molecule has 0 saturated carbocycles. The van der Waals surface area contributed by atoms with Crippen LogP contribution in [-0.4, -0.2) is 16.5 Å². The highest BCUT2D eigenvalue weighted by molar-refractivity contribution is 5.45. The van der Waals surface area contributed by atoms with E-state index in [9.17, 15) is 8.78 Å². The van der Waals surface area contributed by atoms with E-state index in [1.165, 1.54) is 17.2 Å². The van der Waals surface area contributed by atoms with Crippen LogP contribution in [0.3, 0.4) is 0 Å². The molecule has 20 heavy (non-hydrogen) atoms. The average Bonchev–Trinajstić information content (AvgIpc) is 2.46. The molecule has 5 heteroatoms. The van der Waals surface area contributed by atoms with Crippen LogP contribution in [0.25, 0.3) is 0 Å². The van der Waals surface area contributed by atoms with Gasteiger partial charge in [0.15, 0.2) is 0 Å². The summed E-state index contributed by atoms with van der Waals surface area (Å²) in [4.78, 5) is 10.1. The number of benzene rings is 1. The minimum absolute atomic E-state index is 0.202. The molecule has 1 aliphatic rings. The molecule has 0 amide bonds. The molecule has 1 aliphatic heterocycles. The maximum atomic E-state index is 12.8. The third-order valence-electron chi connectivity index (χ3n) is 3.52. The van der Waals surface area contributed by atoms with Gasteiger partial charge in [-0.3, -0.25) is 0 Å². The summed E-state index contributed by atoms with van der Waals surface area (Å²) in [6.07, 6.45) is -1.66. The summed E-state index contributed by atoms with van der Waals surface area (Å²) in [5, 5.41) is 0. The molecule has 0 fully saturated rings. The van der Waals surface area contributed by atoms with Gasteiger partial charge in [-0.1, -0.05) is 24.3 Å². The van der Waals surface area contributed by atoms with Gasteiger partial charge in [0.1, 0.15) is 17.3 Å². The summed E-state index contributed by atoms with van der Waals surface area (Å²) in [6.45, 7) is 3.14. The first kappa shape index (κ1) is 13.0. The summed E-state index contributed by atoms with van der Waals surface area (Å²) in [6, 6.07) is 9.61. The van der Waals surface area contributed by atoms with Gasteiger partial charge in [-0.2, -0.15) is 0 Å². The van der Waals surface area contributed by atoms with Gasteiger partial charge in [-0.05, 0) is 24.5 Å². The van der Waals surface area contributed by atoms with Crippen LogP contribution in [0.15, 0.2) is 30.3 Å². The Morgan fingerprint density at radius 3 is 2.65 bits per heavy atom. The van der Waals surface area contributed by atoms with Crippen molar-refractivity contribution in [3.63, 3.8) is 0 Å². The Kier molecular flexibility index (Phi) is 3.34. The smallest absolute Gasteiger partial charge is 0.280 e. The van der Waals surface area contributed by atoms with E-state index in [4.69, 9.17) is 0 Å². The number of aromatic nitrogens is 2. The van der Waals surface area contributed by atoms with E-state index in [0.29, 0.717) is 18.2 Å². The summed E-state index contributed by atoms with van der Waals surface area (Å²) in [5.74, 6) is 0.971. The van der Waals surface area contributed by atoms with E-state index in [-0.39, 0.29) is 5.69 Å². The highest BCUT2D eigenvalue weighted by atomic mass is 19.3. The Morgan fingerprint density at radius 1 is 1.15 bits per heavy atom. The van der Waals surface area contributed by atoms with Crippen LogP contribution in [-0.2, 0) is 13.0 Å². The van der Waals surface area contributed by atoms with Gasteiger partial charge in [0, 0.05) is 19.2 Å². The minimum atomic E-state index is -2.56. The molecule has 0 spiro atoms. The molecule has 1 aromatic carbocycles. The fourth-order valence-electron chi connectivity index (χ4n) is 2.54. The molecule has 0 N–H and O–H groups in total. The van der Waals surface area contributed by atoms with Gasteiger partial charge < -0.3 is 4.90 Å². The van der Waals surface area contributed by atoms with E-state index in [2.05, 4.69) is 22.1 Å². The fourth-order valence-corrected chi connectivity index (χ4v) is 2.54. The highest BCUT2D eigenvalue weighted by Crippen LogP contribution is 2.26. The maximum absolute atomic E-state index is 12.8. The van der Waals surface area contributed by atoms with Gasteiger partial charge in [0.25, 0.3) is 6.43 Å². The molecule has 3 rings (SSSR count). The molecule has 3 nitrogen and oxygen atoms in total. The van der Waals surface area contributed by atoms with Crippen LogP contribution in [0.1, 0.15) is 29.1 Å². The number of hydrogen-bond donors (Lipinski definition) is 0. The van der Waals surface area contributed by atoms with Crippen molar-refractivity contribution in [2.45, 2.75) is 26.3 Å². The summed E-state index contributed by atoms with van der Waals surface area (Å²) < 4.78 is 25.6. The topological polar surface area (TPSA) is 29.0 Å². The van der Waals surface area contributed by atoms with Gasteiger partial charge in [-0.25, -0.2) is 18.7 Å². The average molecular weight is 275 g/mol. The second kappa shape index (κ2) is 5.15. The van der Waals surface area contributed by atoms with Gasteiger partial charge >= 0.3 is 0 Å². The summed E-state index contributed by atoms with van der Waals surface area (Å²) in [5.41, 5.74) is 2.35. The van der Waals surface area contributed by atoms with E-state index >= 15 is 0 Å². The Balaban J connectivity index is 1.91. The number of halogens is 2. The van der Waals surface area contributed by atoms with Crippen molar-refractivity contribution in [2.75, 3.05) is 11.4 Å². The third-order valence-corrected chi connectivity index (χ3v) is 3.52. The second-order valence-electron chi connectivity index (χ2n) is 4.94. The van der Waals surface area contributed by atoms with Crippen LogP contribution < -0.4 is 4.90 Å². The van der Waals surface area contributed by atoms with Crippen molar-refractivity contribution >= 4 is 5.82 Å². The Bertz CT molecular complexity index is 628. The number of nitrogens with zero attached hydrogens (tertiary/aromatic N) is 3. The van der Waals surface area contributed by atoms with Crippen molar-refractivity contribution in [1.29, 1.82) is 0 Å². The largest absolute Gasteiger partial charge is 0.352 e. The lowest BCUT2D eigenvalue weighted by atomic mass is 10.00. The van der Waals surface area contributed by atoms with E-state index in [0.717, 1.165) is 13.0 Å². The first-order valence-corrected chi connectivity index (χ1v) is 6.59. The first-order valence-electron chi connectivity index (χ1n) is 6.59. The number of alkyl halides is 2. The van der Waals surface area contributed by atoms with E-state index in [1.807, 2.05) is 17.0 Å². The molecular weight excluding hydrogens is 260 g/mol. The van der Waals surface area contributed by atoms with E-state index in [1.54, 1.807) is 6.92 Å². The zero-order valence-electron chi connectivity index (χ0n) is 11.2. The van der Waals surface area contributed by atoms with Crippen LogP contribution in [0.4, 0.5) is 14.6 Å². The Morgan fingerprint density at radius 2 is 1.90 bits per heavy atom. The normalized spacial score (nSPS) is 14.5. The lowest BCUT2D eigenvalue weighted by Gasteiger charge is -2.30. The first-order chi connectivity index (χ1) is 9.63. The SMILES string of the molecule is Cc1nc(C(F)F)cc(N2CCc3ccccc3C2)n1. The Labute approximate surface area is 116 Å². The lowest BCUT2D eigenvalue weighted by Crippen LogP contribution is -2.31. The molecule has 0 saturated heterocycles. The van der Waals surface area contributed by atoms with Crippen LogP contribution in [0, 0.1) is 6.92 Å². The van der Waals surface area contributed by atoms with Crippen molar-refractivity contribution in [1.82, 2.24) is 9.97 Å². The van der Waals surface area contributed by atoms with Crippen LogP contribution in [0.5, 0.6) is 0 Å². The molecule has 0 bridgehead atoms. The minimum Gasteiger partial charge on any atom is -0.352 e. The molecule has 0 radical (unpaired) electrons. The predicted molar refractivity (Wildman–Crippen MR) is 72.9 cm³/mol. The zero-order valence-corrected chi connectivity index (χ0v) is 11.2. The number of rotatable bonds is 2. The lowest BCUT2D eigenvalue weighted by molar-refractivity contribution is 0.145.